The van der Waals surface area contributed by atoms with Crippen molar-refractivity contribution in [1.29, 1.82) is 0 Å². The van der Waals surface area contributed by atoms with Crippen molar-refractivity contribution >= 4 is 0 Å². The molecule has 1 atom stereocenters. The standard InChI is InChI=1S/C20H27NO2/c1-3-4-12-23-20-14-16(10-11-19(20)22-2)13-18(15-21)17-8-6-5-7-9-17/h5-11,14,18H,3-4,12-13,15,21H2,1-2H3. The zero-order valence-electron chi connectivity index (χ0n) is 14.1. The highest BCUT2D eigenvalue weighted by molar-refractivity contribution is 5.43. The summed E-state index contributed by atoms with van der Waals surface area (Å²) in [6, 6.07) is 16.6. The molecule has 0 saturated heterocycles. The first-order valence-corrected chi connectivity index (χ1v) is 8.33. The molecule has 1 unspecified atom stereocenters. The summed E-state index contributed by atoms with van der Waals surface area (Å²) in [5, 5.41) is 0. The van der Waals surface area contributed by atoms with Gasteiger partial charge in [-0.3, -0.25) is 0 Å². The Labute approximate surface area is 139 Å². The summed E-state index contributed by atoms with van der Waals surface area (Å²) in [6.07, 6.45) is 3.06. The van der Waals surface area contributed by atoms with E-state index < -0.39 is 0 Å². The van der Waals surface area contributed by atoms with Crippen LogP contribution in [0.2, 0.25) is 0 Å². The summed E-state index contributed by atoms with van der Waals surface area (Å²) >= 11 is 0. The van der Waals surface area contributed by atoms with E-state index in [4.69, 9.17) is 15.2 Å². The zero-order valence-corrected chi connectivity index (χ0v) is 14.1. The first-order valence-electron chi connectivity index (χ1n) is 8.33. The van der Waals surface area contributed by atoms with Gasteiger partial charge >= 0.3 is 0 Å². The molecule has 3 heteroatoms. The molecule has 23 heavy (non-hydrogen) atoms. The van der Waals surface area contributed by atoms with Crippen molar-refractivity contribution in [2.75, 3.05) is 20.3 Å². The Morgan fingerprint density at radius 1 is 1.04 bits per heavy atom. The average molecular weight is 313 g/mol. The third kappa shape index (κ3) is 5.00. The fourth-order valence-electron chi connectivity index (χ4n) is 2.63. The molecule has 0 spiro atoms. The molecule has 0 bridgehead atoms. The van der Waals surface area contributed by atoms with Gasteiger partial charge in [-0.05, 0) is 42.6 Å². The molecule has 2 N–H and O–H groups in total. The van der Waals surface area contributed by atoms with Crippen LogP contribution in [0.25, 0.3) is 0 Å². The van der Waals surface area contributed by atoms with Gasteiger partial charge in [-0.1, -0.05) is 49.7 Å². The molecular weight excluding hydrogens is 286 g/mol. The lowest BCUT2D eigenvalue weighted by Crippen LogP contribution is -2.15. The van der Waals surface area contributed by atoms with Gasteiger partial charge in [-0.15, -0.1) is 0 Å². The number of unbranched alkanes of at least 4 members (excludes halogenated alkanes) is 1. The Morgan fingerprint density at radius 2 is 1.83 bits per heavy atom. The van der Waals surface area contributed by atoms with E-state index in [0.717, 1.165) is 37.4 Å². The van der Waals surface area contributed by atoms with Gasteiger partial charge in [-0.25, -0.2) is 0 Å². The summed E-state index contributed by atoms with van der Waals surface area (Å²) in [5.41, 5.74) is 8.49. The fourth-order valence-corrected chi connectivity index (χ4v) is 2.63. The molecule has 0 heterocycles. The lowest BCUT2D eigenvalue weighted by atomic mass is 9.92. The van der Waals surface area contributed by atoms with E-state index in [2.05, 4.69) is 43.3 Å². The Morgan fingerprint density at radius 3 is 2.48 bits per heavy atom. The number of hydrogen-bond donors (Lipinski definition) is 1. The number of methoxy groups -OCH3 is 1. The second-order valence-electron chi connectivity index (χ2n) is 5.73. The predicted molar refractivity (Wildman–Crippen MR) is 95.3 cm³/mol. The van der Waals surface area contributed by atoms with Crippen molar-refractivity contribution in [3.05, 3.63) is 59.7 Å². The van der Waals surface area contributed by atoms with Crippen molar-refractivity contribution in [3.8, 4) is 11.5 Å². The second-order valence-corrected chi connectivity index (χ2v) is 5.73. The molecule has 0 fully saturated rings. The van der Waals surface area contributed by atoms with E-state index in [1.807, 2.05) is 12.1 Å². The van der Waals surface area contributed by atoms with E-state index in [9.17, 15) is 0 Å². The smallest absolute Gasteiger partial charge is 0.161 e. The molecule has 124 valence electrons. The molecule has 0 aromatic heterocycles. The van der Waals surface area contributed by atoms with Gasteiger partial charge in [0.25, 0.3) is 0 Å². The topological polar surface area (TPSA) is 44.5 Å². The summed E-state index contributed by atoms with van der Waals surface area (Å²) in [6.45, 7) is 3.50. The van der Waals surface area contributed by atoms with Crippen molar-refractivity contribution in [2.45, 2.75) is 32.1 Å². The Bertz CT molecular complexity index is 583. The lowest BCUT2D eigenvalue weighted by molar-refractivity contribution is 0.288. The third-order valence-corrected chi connectivity index (χ3v) is 4.02. The predicted octanol–water partition coefficient (Wildman–Crippen LogP) is 4.16. The first-order chi connectivity index (χ1) is 11.3. The number of rotatable bonds is 9. The minimum Gasteiger partial charge on any atom is -0.493 e. The molecule has 0 saturated carbocycles. The maximum atomic E-state index is 5.99. The average Bonchev–Trinajstić information content (AvgIpc) is 2.61. The molecule has 3 nitrogen and oxygen atoms in total. The summed E-state index contributed by atoms with van der Waals surface area (Å²) in [7, 11) is 1.67. The first kappa shape index (κ1) is 17.4. The highest BCUT2D eigenvalue weighted by Crippen LogP contribution is 2.30. The van der Waals surface area contributed by atoms with Crippen LogP contribution in [0, 0.1) is 0 Å². The van der Waals surface area contributed by atoms with Crippen LogP contribution in [-0.2, 0) is 6.42 Å². The van der Waals surface area contributed by atoms with Crippen LogP contribution >= 0.6 is 0 Å². The second kappa shape index (κ2) is 9.21. The van der Waals surface area contributed by atoms with Crippen LogP contribution in [0.4, 0.5) is 0 Å². The fraction of sp³-hybridized carbons (Fsp3) is 0.400. The largest absolute Gasteiger partial charge is 0.493 e. The van der Waals surface area contributed by atoms with Gasteiger partial charge in [0, 0.05) is 5.92 Å². The molecule has 2 aromatic carbocycles. The molecule has 2 rings (SSSR count). The van der Waals surface area contributed by atoms with Gasteiger partial charge in [-0.2, -0.15) is 0 Å². The summed E-state index contributed by atoms with van der Waals surface area (Å²) < 4.78 is 11.3. The maximum absolute atomic E-state index is 5.99. The number of ether oxygens (including phenoxy) is 2. The minimum atomic E-state index is 0.313. The van der Waals surface area contributed by atoms with Crippen LogP contribution < -0.4 is 15.2 Å². The van der Waals surface area contributed by atoms with E-state index in [1.54, 1.807) is 7.11 Å². The molecule has 0 aliphatic heterocycles. The monoisotopic (exact) mass is 313 g/mol. The number of nitrogens with two attached hydrogens (primary N) is 1. The van der Waals surface area contributed by atoms with E-state index in [-0.39, 0.29) is 0 Å². The molecular formula is C20H27NO2. The third-order valence-electron chi connectivity index (χ3n) is 4.02. The molecule has 0 radical (unpaired) electrons. The van der Waals surface area contributed by atoms with E-state index in [1.165, 1.54) is 11.1 Å². The Balaban J connectivity index is 2.13. The molecule has 0 amide bonds. The van der Waals surface area contributed by atoms with Crippen LogP contribution in [-0.4, -0.2) is 20.3 Å². The van der Waals surface area contributed by atoms with Gasteiger partial charge in [0.15, 0.2) is 11.5 Å². The van der Waals surface area contributed by atoms with Crippen LogP contribution in [0.15, 0.2) is 48.5 Å². The quantitative estimate of drug-likeness (QED) is 0.707. The van der Waals surface area contributed by atoms with E-state index >= 15 is 0 Å². The van der Waals surface area contributed by atoms with E-state index in [0.29, 0.717) is 12.5 Å². The van der Waals surface area contributed by atoms with Crippen molar-refractivity contribution < 1.29 is 9.47 Å². The summed E-state index contributed by atoms with van der Waals surface area (Å²) in [4.78, 5) is 0. The van der Waals surface area contributed by atoms with Crippen molar-refractivity contribution in [1.82, 2.24) is 0 Å². The highest BCUT2D eigenvalue weighted by Gasteiger charge is 2.12. The maximum Gasteiger partial charge on any atom is 0.161 e. The van der Waals surface area contributed by atoms with Gasteiger partial charge in [0.05, 0.1) is 13.7 Å². The lowest BCUT2D eigenvalue weighted by Gasteiger charge is -2.17. The molecule has 0 aliphatic carbocycles. The Kier molecular flexibility index (Phi) is 6.95. The van der Waals surface area contributed by atoms with Crippen molar-refractivity contribution in [3.63, 3.8) is 0 Å². The van der Waals surface area contributed by atoms with Crippen LogP contribution in [0.3, 0.4) is 0 Å². The summed E-state index contributed by atoms with van der Waals surface area (Å²) in [5.74, 6) is 1.92. The van der Waals surface area contributed by atoms with Crippen LogP contribution in [0.1, 0.15) is 36.8 Å². The van der Waals surface area contributed by atoms with Crippen molar-refractivity contribution in [2.24, 2.45) is 5.73 Å². The molecule has 0 aliphatic rings. The SMILES string of the molecule is CCCCOc1cc(CC(CN)c2ccccc2)ccc1OC. The number of benzene rings is 2. The minimum absolute atomic E-state index is 0.313. The normalized spacial score (nSPS) is 12.0. The van der Waals surface area contributed by atoms with Gasteiger partial charge in [0.2, 0.25) is 0 Å². The number of hydrogen-bond acceptors (Lipinski definition) is 3. The zero-order chi connectivity index (χ0) is 16.5. The Hall–Kier alpha value is -2.00. The molecule has 2 aromatic rings. The van der Waals surface area contributed by atoms with Gasteiger partial charge in [0.1, 0.15) is 0 Å². The van der Waals surface area contributed by atoms with Gasteiger partial charge < -0.3 is 15.2 Å². The van der Waals surface area contributed by atoms with Crippen LogP contribution in [0.5, 0.6) is 11.5 Å². The highest BCUT2D eigenvalue weighted by atomic mass is 16.5.